The molecular weight excluding hydrogens is 288 g/mol. The maximum atomic E-state index is 5.26. The number of aromatic amines is 1. The minimum Gasteiger partial charge on any atom is -0.361 e. The van der Waals surface area contributed by atoms with Gasteiger partial charge in [0.1, 0.15) is 11.3 Å². The Morgan fingerprint density at radius 1 is 1.04 bits per heavy atom. The van der Waals surface area contributed by atoms with E-state index in [-0.39, 0.29) is 0 Å². The number of hydrogen-bond acceptors (Lipinski definition) is 4. The maximum absolute atomic E-state index is 5.26. The molecule has 1 aromatic carbocycles. The summed E-state index contributed by atoms with van der Waals surface area (Å²) in [6, 6.07) is 14.1. The van der Waals surface area contributed by atoms with Gasteiger partial charge in [-0.05, 0) is 38.1 Å². The topological polar surface area (TPSA) is 66.7 Å². The summed E-state index contributed by atoms with van der Waals surface area (Å²) in [7, 11) is 0. The molecule has 0 unspecified atom stereocenters. The molecule has 0 fully saturated rings. The second kappa shape index (κ2) is 5.28. The van der Waals surface area contributed by atoms with Gasteiger partial charge < -0.3 is 14.8 Å². The van der Waals surface area contributed by atoms with Gasteiger partial charge in [0.2, 0.25) is 0 Å². The first-order valence-electron chi connectivity index (χ1n) is 7.46. The zero-order chi connectivity index (χ0) is 15.8. The Bertz CT molecular complexity index is 950. The Morgan fingerprint density at radius 3 is 2.61 bits per heavy atom. The Balaban J connectivity index is 1.80. The molecule has 0 spiro atoms. The van der Waals surface area contributed by atoms with Crippen LogP contribution < -0.4 is 5.32 Å². The fourth-order valence-corrected chi connectivity index (χ4v) is 2.76. The molecule has 0 bridgehead atoms. The summed E-state index contributed by atoms with van der Waals surface area (Å²) in [4.78, 5) is 8.05. The van der Waals surface area contributed by atoms with Crippen molar-refractivity contribution in [2.45, 2.75) is 13.8 Å². The number of benzene rings is 1. The molecule has 2 N–H and O–H groups in total. The van der Waals surface area contributed by atoms with Crippen molar-refractivity contribution in [3.63, 3.8) is 0 Å². The molecule has 114 valence electrons. The number of aromatic nitrogens is 3. The number of nitrogens with one attached hydrogen (secondary N) is 2. The lowest BCUT2D eigenvalue weighted by Gasteiger charge is -2.05. The largest absolute Gasteiger partial charge is 0.361 e. The molecule has 0 saturated heterocycles. The van der Waals surface area contributed by atoms with Gasteiger partial charge >= 0.3 is 0 Å². The number of aryl methyl sites for hydroxylation is 2. The molecule has 3 aromatic heterocycles. The third kappa shape index (κ3) is 2.36. The first-order chi connectivity index (χ1) is 11.2. The van der Waals surface area contributed by atoms with Gasteiger partial charge in [-0.2, -0.15) is 0 Å². The normalized spacial score (nSPS) is 11.0. The highest BCUT2D eigenvalue weighted by Crippen LogP contribution is 2.30. The van der Waals surface area contributed by atoms with E-state index >= 15 is 0 Å². The highest BCUT2D eigenvalue weighted by atomic mass is 16.5. The molecule has 5 heteroatoms. The molecule has 0 amide bonds. The van der Waals surface area contributed by atoms with Gasteiger partial charge in [-0.1, -0.05) is 23.4 Å². The van der Waals surface area contributed by atoms with Gasteiger partial charge in [-0.15, -0.1) is 0 Å². The zero-order valence-corrected chi connectivity index (χ0v) is 12.9. The van der Waals surface area contributed by atoms with Crippen molar-refractivity contribution < 1.29 is 4.52 Å². The van der Waals surface area contributed by atoms with Gasteiger partial charge in [0, 0.05) is 11.9 Å². The fraction of sp³-hybridized carbons (Fsp3) is 0.111. The van der Waals surface area contributed by atoms with Crippen LogP contribution in [0.25, 0.3) is 22.3 Å². The van der Waals surface area contributed by atoms with Crippen molar-refractivity contribution in [3.8, 4) is 11.3 Å². The van der Waals surface area contributed by atoms with Crippen LogP contribution in [-0.4, -0.2) is 15.1 Å². The number of pyridine rings is 1. The number of nitrogens with zero attached hydrogens (tertiary/aromatic N) is 2. The number of para-hydroxylation sites is 1. The minimum atomic E-state index is 0.780. The summed E-state index contributed by atoms with van der Waals surface area (Å²) < 4.78 is 5.26. The van der Waals surface area contributed by atoms with Crippen molar-refractivity contribution in [1.29, 1.82) is 0 Å². The van der Waals surface area contributed by atoms with E-state index in [1.165, 1.54) is 0 Å². The number of anilines is 2. The molecule has 0 atom stereocenters. The van der Waals surface area contributed by atoms with E-state index in [4.69, 9.17) is 9.51 Å². The SMILES string of the molecule is Cc1noc(C)c1-c1ccc2[nH]cc(Nc3ccccc3)c2n1. The molecule has 0 saturated carbocycles. The number of rotatable bonds is 3. The molecule has 4 rings (SSSR count). The maximum Gasteiger partial charge on any atom is 0.143 e. The predicted octanol–water partition coefficient (Wildman–Crippen LogP) is 4.58. The van der Waals surface area contributed by atoms with Crippen LogP contribution in [0.2, 0.25) is 0 Å². The van der Waals surface area contributed by atoms with Crippen molar-refractivity contribution in [2.24, 2.45) is 0 Å². The van der Waals surface area contributed by atoms with Gasteiger partial charge in [-0.25, -0.2) is 4.98 Å². The minimum absolute atomic E-state index is 0.780. The molecule has 23 heavy (non-hydrogen) atoms. The summed E-state index contributed by atoms with van der Waals surface area (Å²) in [5.74, 6) is 0.780. The highest BCUT2D eigenvalue weighted by Gasteiger charge is 2.14. The summed E-state index contributed by atoms with van der Waals surface area (Å²) in [6.45, 7) is 3.83. The third-order valence-corrected chi connectivity index (χ3v) is 3.86. The summed E-state index contributed by atoms with van der Waals surface area (Å²) in [6.07, 6.45) is 1.93. The van der Waals surface area contributed by atoms with Crippen LogP contribution in [0.5, 0.6) is 0 Å². The average molecular weight is 304 g/mol. The van der Waals surface area contributed by atoms with E-state index < -0.39 is 0 Å². The van der Waals surface area contributed by atoms with Gasteiger partial charge in [0.15, 0.2) is 0 Å². The molecular formula is C18H16N4O. The zero-order valence-electron chi connectivity index (χ0n) is 12.9. The fourth-order valence-electron chi connectivity index (χ4n) is 2.76. The van der Waals surface area contributed by atoms with Crippen molar-refractivity contribution >= 4 is 22.4 Å². The number of fused-ring (bicyclic) bond motifs is 1. The van der Waals surface area contributed by atoms with Gasteiger partial charge in [0.25, 0.3) is 0 Å². The van der Waals surface area contributed by atoms with E-state index in [1.807, 2.05) is 62.5 Å². The molecule has 0 radical (unpaired) electrons. The highest BCUT2D eigenvalue weighted by molar-refractivity contribution is 5.92. The van der Waals surface area contributed by atoms with Crippen molar-refractivity contribution in [1.82, 2.24) is 15.1 Å². The van der Waals surface area contributed by atoms with Gasteiger partial charge in [-0.3, -0.25) is 0 Å². The average Bonchev–Trinajstić information content (AvgIpc) is 3.12. The standard InChI is InChI=1S/C18H16N4O/c1-11-17(12(2)23-22-11)14-8-9-15-18(21-14)16(10-19-15)20-13-6-4-3-5-7-13/h3-10,19-20H,1-2H3. The number of H-pyrrole nitrogens is 1. The summed E-state index contributed by atoms with van der Waals surface area (Å²) in [5.41, 5.74) is 6.52. The van der Waals surface area contributed by atoms with E-state index in [1.54, 1.807) is 0 Å². The van der Waals surface area contributed by atoms with Crippen molar-refractivity contribution in [2.75, 3.05) is 5.32 Å². The Labute approximate surface area is 133 Å². The Morgan fingerprint density at radius 2 is 1.87 bits per heavy atom. The molecule has 0 aliphatic heterocycles. The second-order valence-corrected chi connectivity index (χ2v) is 5.49. The van der Waals surface area contributed by atoms with Gasteiger partial charge in [0.05, 0.1) is 28.2 Å². The lowest BCUT2D eigenvalue weighted by Crippen LogP contribution is -1.91. The summed E-state index contributed by atoms with van der Waals surface area (Å²) >= 11 is 0. The van der Waals surface area contributed by atoms with Crippen LogP contribution in [0.3, 0.4) is 0 Å². The van der Waals surface area contributed by atoms with Crippen LogP contribution in [0.1, 0.15) is 11.5 Å². The lowest BCUT2D eigenvalue weighted by molar-refractivity contribution is 0.393. The predicted molar refractivity (Wildman–Crippen MR) is 90.8 cm³/mol. The lowest BCUT2D eigenvalue weighted by atomic mass is 10.1. The van der Waals surface area contributed by atoms with Crippen LogP contribution >= 0.6 is 0 Å². The van der Waals surface area contributed by atoms with Crippen LogP contribution in [0.4, 0.5) is 11.4 Å². The van der Waals surface area contributed by atoms with E-state index in [0.717, 1.165) is 45.1 Å². The molecule has 4 aromatic rings. The molecule has 5 nitrogen and oxygen atoms in total. The van der Waals surface area contributed by atoms with E-state index in [9.17, 15) is 0 Å². The third-order valence-electron chi connectivity index (χ3n) is 3.86. The van der Waals surface area contributed by atoms with Crippen LogP contribution in [-0.2, 0) is 0 Å². The van der Waals surface area contributed by atoms with E-state index in [2.05, 4.69) is 15.5 Å². The number of hydrogen-bond donors (Lipinski definition) is 2. The second-order valence-electron chi connectivity index (χ2n) is 5.49. The quantitative estimate of drug-likeness (QED) is 0.581. The molecule has 0 aliphatic rings. The first-order valence-corrected chi connectivity index (χ1v) is 7.46. The molecule has 3 heterocycles. The van der Waals surface area contributed by atoms with Crippen LogP contribution in [0.15, 0.2) is 53.2 Å². The first kappa shape index (κ1) is 13.6. The van der Waals surface area contributed by atoms with E-state index in [0.29, 0.717) is 0 Å². The van der Waals surface area contributed by atoms with Crippen molar-refractivity contribution in [3.05, 3.63) is 60.1 Å². The molecule has 0 aliphatic carbocycles. The monoisotopic (exact) mass is 304 g/mol. The Hall–Kier alpha value is -3.08. The smallest absolute Gasteiger partial charge is 0.143 e. The van der Waals surface area contributed by atoms with Crippen LogP contribution in [0, 0.1) is 13.8 Å². The Kier molecular flexibility index (Phi) is 3.12. The summed E-state index contributed by atoms with van der Waals surface area (Å²) in [5, 5.41) is 7.41.